The number of aliphatic hydroxyl groups is 1. The largest absolute Gasteiger partial charge is 0.416 e. The molecule has 1 fully saturated rings. The monoisotopic (exact) mass is 493 g/mol. The fourth-order valence-corrected chi connectivity index (χ4v) is 5.62. The molecule has 0 heterocycles. The Labute approximate surface area is 187 Å². The molecule has 0 saturated heterocycles. The van der Waals surface area contributed by atoms with E-state index in [1.807, 2.05) is 0 Å². The molecule has 0 bridgehead atoms. The zero-order valence-corrected chi connectivity index (χ0v) is 18.2. The Morgan fingerprint density at radius 2 is 1.81 bits per heavy atom. The number of hydrogen-bond donors (Lipinski definition) is 2. The van der Waals surface area contributed by atoms with Crippen molar-refractivity contribution in [1.82, 2.24) is 5.32 Å². The van der Waals surface area contributed by atoms with Crippen molar-refractivity contribution >= 4 is 27.3 Å². The summed E-state index contributed by atoms with van der Waals surface area (Å²) in [6.07, 6.45) is -4.56. The van der Waals surface area contributed by atoms with Crippen LogP contribution in [0.1, 0.15) is 41.6 Å². The van der Waals surface area contributed by atoms with Gasteiger partial charge < -0.3 is 10.4 Å². The maximum absolute atomic E-state index is 13.2. The predicted octanol–water partition coefficient (Wildman–Crippen LogP) is 4.38. The van der Waals surface area contributed by atoms with Gasteiger partial charge in [-0.1, -0.05) is 17.7 Å². The molecule has 5 nitrogen and oxygen atoms in total. The van der Waals surface area contributed by atoms with Gasteiger partial charge in [0.2, 0.25) is 0 Å². The van der Waals surface area contributed by atoms with Gasteiger partial charge in [0.25, 0.3) is 5.91 Å². The second-order valence-electron chi connectivity index (χ2n) is 7.81. The summed E-state index contributed by atoms with van der Waals surface area (Å²) in [6, 6.07) is 7.01. The summed E-state index contributed by atoms with van der Waals surface area (Å²) in [6.45, 7) is -0.169. The van der Waals surface area contributed by atoms with Crippen LogP contribution in [0, 0.1) is 5.82 Å². The summed E-state index contributed by atoms with van der Waals surface area (Å²) in [4.78, 5) is 11.8. The van der Waals surface area contributed by atoms with E-state index in [9.17, 15) is 35.9 Å². The van der Waals surface area contributed by atoms with Crippen LogP contribution in [0.15, 0.2) is 47.4 Å². The van der Waals surface area contributed by atoms with Gasteiger partial charge in [0.05, 0.1) is 26.3 Å². The van der Waals surface area contributed by atoms with Gasteiger partial charge in [-0.2, -0.15) is 13.2 Å². The number of rotatable bonds is 5. The van der Waals surface area contributed by atoms with E-state index in [1.165, 1.54) is 6.07 Å². The van der Waals surface area contributed by atoms with Gasteiger partial charge in [0, 0.05) is 12.1 Å². The third kappa shape index (κ3) is 5.41. The molecular formula is C21H20ClF4NO4S. The molecule has 3 rings (SSSR count). The minimum absolute atomic E-state index is 0.0212. The molecule has 0 atom stereocenters. The van der Waals surface area contributed by atoms with Gasteiger partial charge in [0.1, 0.15) is 5.82 Å². The van der Waals surface area contributed by atoms with Crippen LogP contribution < -0.4 is 5.32 Å². The summed E-state index contributed by atoms with van der Waals surface area (Å²) >= 11 is 5.65. The molecule has 2 aromatic carbocycles. The van der Waals surface area contributed by atoms with E-state index in [-0.39, 0.29) is 42.8 Å². The maximum Gasteiger partial charge on any atom is 0.416 e. The Morgan fingerprint density at radius 3 is 2.41 bits per heavy atom. The number of benzene rings is 2. The van der Waals surface area contributed by atoms with Crippen molar-refractivity contribution in [3.8, 4) is 0 Å². The smallest absolute Gasteiger partial charge is 0.388 e. The highest BCUT2D eigenvalue weighted by Gasteiger charge is 2.40. The Morgan fingerprint density at radius 1 is 1.16 bits per heavy atom. The van der Waals surface area contributed by atoms with Crippen LogP contribution in [0.25, 0.3) is 0 Å². The van der Waals surface area contributed by atoms with E-state index in [1.54, 1.807) is 0 Å². The summed E-state index contributed by atoms with van der Waals surface area (Å²) in [5, 5.41) is 12.1. The standard InChI is InChI=1S/C21H20ClF4NO4S/c22-17-10-13(4-5-18(17)23)19(28)27-12-20(29)8-6-15(7-9-20)32(30,31)16-3-1-2-14(11-16)21(24,25)26/h1-5,10-11,15,29H,6-9,12H2,(H,27,28)/t15-,20+. The van der Waals surface area contributed by atoms with E-state index < -0.39 is 49.0 Å². The van der Waals surface area contributed by atoms with Crippen molar-refractivity contribution in [2.75, 3.05) is 6.54 Å². The lowest BCUT2D eigenvalue weighted by Crippen LogP contribution is -2.47. The number of hydrogen-bond acceptors (Lipinski definition) is 4. The highest BCUT2D eigenvalue weighted by Crippen LogP contribution is 2.36. The number of sulfone groups is 1. The van der Waals surface area contributed by atoms with Crippen LogP contribution in [-0.2, 0) is 16.0 Å². The van der Waals surface area contributed by atoms with Gasteiger partial charge >= 0.3 is 6.18 Å². The summed E-state index contributed by atoms with van der Waals surface area (Å²) < 4.78 is 77.7. The quantitative estimate of drug-likeness (QED) is 0.606. The molecule has 1 aliphatic carbocycles. The van der Waals surface area contributed by atoms with Crippen molar-refractivity contribution in [3.63, 3.8) is 0 Å². The van der Waals surface area contributed by atoms with Gasteiger partial charge in [-0.05, 0) is 62.1 Å². The fourth-order valence-electron chi connectivity index (χ4n) is 3.64. The van der Waals surface area contributed by atoms with Gasteiger partial charge in [-0.3, -0.25) is 4.79 Å². The minimum atomic E-state index is -4.66. The highest BCUT2D eigenvalue weighted by atomic mass is 35.5. The van der Waals surface area contributed by atoms with Crippen LogP contribution in [0.3, 0.4) is 0 Å². The molecule has 2 aromatic rings. The summed E-state index contributed by atoms with van der Waals surface area (Å²) in [7, 11) is -4.03. The third-order valence-corrected chi connectivity index (χ3v) is 8.10. The van der Waals surface area contributed by atoms with E-state index in [0.717, 1.165) is 30.3 Å². The molecule has 1 aliphatic rings. The van der Waals surface area contributed by atoms with E-state index in [4.69, 9.17) is 11.6 Å². The van der Waals surface area contributed by atoms with Crippen LogP contribution >= 0.6 is 11.6 Å². The normalized spacial score (nSPS) is 21.9. The third-order valence-electron chi connectivity index (χ3n) is 5.55. The lowest BCUT2D eigenvalue weighted by Gasteiger charge is -2.35. The van der Waals surface area contributed by atoms with Crippen molar-refractivity contribution < 1.29 is 35.9 Å². The lowest BCUT2D eigenvalue weighted by molar-refractivity contribution is -0.137. The molecule has 1 amide bonds. The van der Waals surface area contributed by atoms with Crippen LogP contribution in [0.4, 0.5) is 17.6 Å². The number of halogens is 5. The molecule has 0 spiro atoms. The van der Waals surface area contributed by atoms with Crippen LogP contribution in [-0.4, -0.2) is 36.8 Å². The molecule has 0 aliphatic heterocycles. The highest BCUT2D eigenvalue weighted by molar-refractivity contribution is 7.92. The van der Waals surface area contributed by atoms with Crippen molar-refractivity contribution in [2.24, 2.45) is 0 Å². The number of amides is 1. The minimum Gasteiger partial charge on any atom is -0.388 e. The first kappa shape index (κ1) is 24.5. The Balaban J connectivity index is 1.63. The van der Waals surface area contributed by atoms with E-state index >= 15 is 0 Å². The molecule has 174 valence electrons. The average Bonchev–Trinajstić information content (AvgIpc) is 2.74. The topological polar surface area (TPSA) is 83.5 Å². The molecule has 1 saturated carbocycles. The average molecular weight is 494 g/mol. The molecule has 0 unspecified atom stereocenters. The number of alkyl halides is 3. The molecule has 0 aromatic heterocycles. The fraction of sp³-hybridized carbons (Fsp3) is 0.381. The number of carbonyl (C=O) groups excluding carboxylic acids is 1. The van der Waals surface area contributed by atoms with Crippen LogP contribution in [0.5, 0.6) is 0 Å². The molecule has 0 radical (unpaired) electrons. The number of nitrogens with one attached hydrogen (secondary N) is 1. The summed E-state index contributed by atoms with van der Waals surface area (Å²) in [5.41, 5.74) is -2.32. The number of carbonyl (C=O) groups is 1. The Hall–Kier alpha value is -2.17. The molecule has 11 heteroatoms. The second kappa shape index (κ2) is 8.99. The van der Waals surface area contributed by atoms with E-state index in [2.05, 4.69) is 5.32 Å². The zero-order chi connectivity index (χ0) is 23.7. The molecule has 2 N–H and O–H groups in total. The molecule has 32 heavy (non-hydrogen) atoms. The second-order valence-corrected chi connectivity index (χ2v) is 10.4. The predicted molar refractivity (Wildman–Crippen MR) is 110 cm³/mol. The van der Waals surface area contributed by atoms with Crippen molar-refractivity contribution in [1.29, 1.82) is 0 Å². The lowest BCUT2D eigenvalue weighted by atomic mass is 9.84. The zero-order valence-electron chi connectivity index (χ0n) is 16.6. The first-order valence-electron chi connectivity index (χ1n) is 9.69. The van der Waals surface area contributed by atoms with Gasteiger partial charge in [0.15, 0.2) is 9.84 Å². The first-order chi connectivity index (χ1) is 14.8. The van der Waals surface area contributed by atoms with Gasteiger partial charge in [-0.15, -0.1) is 0 Å². The van der Waals surface area contributed by atoms with Crippen molar-refractivity contribution in [3.05, 3.63) is 64.4 Å². The Bertz CT molecular complexity index is 1110. The SMILES string of the molecule is O=C(NC[C@]1(O)CC[C@@H](S(=O)(=O)c2cccc(C(F)(F)F)c2)CC1)c1ccc(F)c(Cl)c1. The summed E-state index contributed by atoms with van der Waals surface area (Å²) in [5.74, 6) is -1.26. The maximum atomic E-state index is 13.2. The Kier molecular flexibility index (Phi) is 6.88. The van der Waals surface area contributed by atoms with Crippen molar-refractivity contribution in [2.45, 2.75) is 47.6 Å². The van der Waals surface area contributed by atoms with Gasteiger partial charge in [-0.25, -0.2) is 12.8 Å². The van der Waals surface area contributed by atoms with E-state index in [0.29, 0.717) is 6.07 Å². The molecular weight excluding hydrogens is 474 g/mol. The first-order valence-corrected chi connectivity index (χ1v) is 11.6. The van der Waals surface area contributed by atoms with Crippen LogP contribution in [0.2, 0.25) is 5.02 Å².